The second-order valence-corrected chi connectivity index (χ2v) is 5.50. The zero-order valence-corrected chi connectivity index (χ0v) is 11.9. The van der Waals surface area contributed by atoms with Crippen molar-refractivity contribution in [1.82, 2.24) is 9.97 Å². The third-order valence-electron chi connectivity index (χ3n) is 3.05. The van der Waals surface area contributed by atoms with E-state index in [4.69, 9.17) is 5.84 Å². The highest BCUT2D eigenvalue weighted by Crippen LogP contribution is 2.26. The number of nitrogens with zero attached hydrogens (tertiary/aromatic N) is 3. The molecule has 3 rings (SSSR count). The van der Waals surface area contributed by atoms with Gasteiger partial charge in [-0.05, 0) is 23.6 Å². The van der Waals surface area contributed by atoms with Gasteiger partial charge in [0.1, 0.15) is 5.82 Å². The summed E-state index contributed by atoms with van der Waals surface area (Å²) in [7, 11) is 2.02. The van der Waals surface area contributed by atoms with Crippen molar-refractivity contribution in [3.8, 4) is 0 Å². The summed E-state index contributed by atoms with van der Waals surface area (Å²) in [6, 6.07) is 12.1. The number of nitrogens with one attached hydrogen (secondary N) is 1. The molecule has 3 aromatic rings. The first-order chi connectivity index (χ1) is 9.78. The van der Waals surface area contributed by atoms with E-state index in [0.717, 1.165) is 23.3 Å². The third kappa shape index (κ3) is 2.43. The van der Waals surface area contributed by atoms with Gasteiger partial charge in [0.2, 0.25) is 5.95 Å². The van der Waals surface area contributed by atoms with E-state index in [1.54, 1.807) is 11.3 Å². The van der Waals surface area contributed by atoms with Gasteiger partial charge in [-0.15, -0.1) is 11.3 Å². The highest BCUT2D eigenvalue weighted by atomic mass is 32.1. The predicted molar refractivity (Wildman–Crippen MR) is 83.8 cm³/mol. The summed E-state index contributed by atoms with van der Waals surface area (Å²) < 4.78 is 0. The van der Waals surface area contributed by atoms with Crippen LogP contribution in [-0.2, 0) is 6.54 Å². The number of nitrogens with two attached hydrogens (primary N) is 1. The largest absolute Gasteiger partial charge is 0.354 e. The van der Waals surface area contributed by atoms with Gasteiger partial charge in [0.25, 0.3) is 0 Å². The Morgan fingerprint density at radius 2 is 2.05 bits per heavy atom. The molecule has 0 aliphatic rings. The molecule has 0 aliphatic heterocycles. The Balaban J connectivity index is 2.04. The van der Waals surface area contributed by atoms with E-state index in [0.29, 0.717) is 5.95 Å². The van der Waals surface area contributed by atoms with E-state index in [9.17, 15) is 0 Å². The van der Waals surface area contributed by atoms with E-state index >= 15 is 0 Å². The number of nitrogen functional groups attached to an aromatic ring is 1. The highest BCUT2D eigenvalue weighted by Gasteiger charge is 2.11. The van der Waals surface area contributed by atoms with Crippen molar-refractivity contribution in [3.63, 3.8) is 0 Å². The van der Waals surface area contributed by atoms with Crippen LogP contribution >= 0.6 is 11.3 Å². The topological polar surface area (TPSA) is 67.1 Å². The average molecular weight is 285 g/mol. The molecule has 2 heterocycles. The van der Waals surface area contributed by atoms with E-state index in [1.165, 1.54) is 4.88 Å². The van der Waals surface area contributed by atoms with Gasteiger partial charge in [0, 0.05) is 17.3 Å². The molecule has 0 saturated carbocycles. The van der Waals surface area contributed by atoms with Gasteiger partial charge in [0.05, 0.1) is 12.1 Å². The Bertz CT molecular complexity index is 711. The number of para-hydroxylation sites is 1. The lowest BCUT2D eigenvalue weighted by atomic mass is 10.2. The minimum Gasteiger partial charge on any atom is -0.354 e. The number of hydrogen-bond donors (Lipinski definition) is 2. The highest BCUT2D eigenvalue weighted by molar-refractivity contribution is 7.09. The maximum atomic E-state index is 5.45. The third-order valence-corrected chi connectivity index (χ3v) is 3.91. The van der Waals surface area contributed by atoms with Gasteiger partial charge >= 0.3 is 0 Å². The summed E-state index contributed by atoms with van der Waals surface area (Å²) in [5.41, 5.74) is 3.41. The van der Waals surface area contributed by atoms with E-state index in [2.05, 4.69) is 37.8 Å². The molecule has 5 nitrogen and oxygen atoms in total. The minimum absolute atomic E-state index is 0.428. The number of benzene rings is 1. The molecule has 6 heteroatoms. The standard InChI is InChI=1S/C14H15N5S/c1-19(9-10-5-4-8-20-10)13-11-6-2-3-7-12(11)16-14(17-13)18-15/h2-8H,9,15H2,1H3,(H,16,17,18). The molecule has 3 N–H and O–H groups in total. The van der Waals surface area contributed by atoms with Crippen LogP contribution in [0.3, 0.4) is 0 Å². The van der Waals surface area contributed by atoms with Crippen molar-refractivity contribution >= 4 is 34.0 Å². The normalized spacial score (nSPS) is 10.7. The Morgan fingerprint density at radius 3 is 2.80 bits per heavy atom. The lowest BCUT2D eigenvalue weighted by Crippen LogP contribution is -2.19. The van der Waals surface area contributed by atoms with Crippen LogP contribution in [0.5, 0.6) is 0 Å². The Labute approximate surface area is 121 Å². The number of hydrogen-bond acceptors (Lipinski definition) is 6. The first-order valence-electron chi connectivity index (χ1n) is 6.25. The fourth-order valence-corrected chi connectivity index (χ4v) is 2.88. The molecule has 0 aliphatic carbocycles. The molecule has 0 radical (unpaired) electrons. The molecule has 0 bridgehead atoms. The second kappa shape index (κ2) is 5.44. The van der Waals surface area contributed by atoms with Crippen LogP contribution in [0.4, 0.5) is 11.8 Å². The van der Waals surface area contributed by atoms with Crippen LogP contribution in [-0.4, -0.2) is 17.0 Å². The van der Waals surface area contributed by atoms with Crippen LogP contribution < -0.4 is 16.2 Å². The Hall–Kier alpha value is -2.18. The molecule has 20 heavy (non-hydrogen) atoms. The maximum Gasteiger partial charge on any atom is 0.239 e. The zero-order chi connectivity index (χ0) is 13.9. The Morgan fingerprint density at radius 1 is 1.20 bits per heavy atom. The summed E-state index contributed by atoms with van der Waals surface area (Å²) in [6.45, 7) is 0.808. The molecule has 102 valence electrons. The summed E-state index contributed by atoms with van der Waals surface area (Å²) in [5, 5.41) is 3.10. The molecule has 1 aromatic carbocycles. The number of hydrazine groups is 1. The predicted octanol–water partition coefficient (Wildman–Crippen LogP) is 2.61. The molecule has 0 spiro atoms. The molecule has 0 amide bonds. The summed E-state index contributed by atoms with van der Waals surface area (Å²) in [5.74, 6) is 6.75. The number of fused-ring (bicyclic) bond motifs is 1. The molecule has 2 aromatic heterocycles. The van der Waals surface area contributed by atoms with Gasteiger partial charge in [-0.25, -0.2) is 10.8 Å². The summed E-state index contributed by atoms with van der Waals surface area (Å²) >= 11 is 1.74. The summed E-state index contributed by atoms with van der Waals surface area (Å²) in [4.78, 5) is 12.2. The number of aromatic nitrogens is 2. The monoisotopic (exact) mass is 285 g/mol. The van der Waals surface area contributed by atoms with E-state index in [1.807, 2.05) is 31.3 Å². The SMILES string of the molecule is CN(Cc1cccs1)c1nc(NN)nc2ccccc12. The van der Waals surface area contributed by atoms with E-state index < -0.39 is 0 Å². The number of thiophene rings is 1. The quantitative estimate of drug-likeness (QED) is 0.570. The maximum absolute atomic E-state index is 5.45. The molecule has 0 unspecified atom stereocenters. The number of anilines is 2. The first-order valence-corrected chi connectivity index (χ1v) is 7.13. The van der Waals surface area contributed by atoms with Crippen molar-refractivity contribution in [2.45, 2.75) is 6.54 Å². The van der Waals surface area contributed by atoms with Crippen molar-refractivity contribution in [2.75, 3.05) is 17.4 Å². The van der Waals surface area contributed by atoms with Crippen LogP contribution in [0.25, 0.3) is 10.9 Å². The number of rotatable bonds is 4. The van der Waals surface area contributed by atoms with Crippen molar-refractivity contribution < 1.29 is 0 Å². The van der Waals surface area contributed by atoms with Crippen molar-refractivity contribution in [1.29, 1.82) is 0 Å². The lowest BCUT2D eigenvalue weighted by molar-refractivity contribution is 0.914. The van der Waals surface area contributed by atoms with Crippen LogP contribution in [0.2, 0.25) is 0 Å². The van der Waals surface area contributed by atoms with Crippen LogP contribution in [0.15, 0.2) is 41.8 Å². The van der Waals surface area contributed by atoms with Gasteiger partial charge in [-0.1, -0.05) is 18.2 Å². The molecular formula is C14H15N5S. The van der Waals surface area contributed by atoms with Crippen molar-refractivity contribution in [3.05, 3.63) is 46.7 Å². The second-order valence-electron chi connectivity index (χ2n) is 4.47. The van der Waals surface area contributed by atoms with Gasteiger partial charge in [-0.3, -0.25) is 5.43 Å². The molecule has 0 saturated heterocycles. The molecule has 0 atom stereocenters. The minimum atomic E-state index is 0.428. The fourth-order valence-electron chi connectivity index (χ4n) is 2.13. The summed E-state index contributed by atoms with van der Waals surface area (Å²) in [6.07, 6.45) is 0. The van der Waals surface area contributed by atoms with Crippen molar-refractivity contribution in [2.24, 2.45) is 5.84 Å². The van der Waals surface area contributed by atoms with Gasteiger partial charge in [-0.2, -0.15) is 4.98 Å². The van der Waals surface area contributed by atoms with Crippen LogP contribution in [0.1, 0.15) is 4.88 Å². The zero-order valence-electron chi connectivity index (χ0n) is 11.1. The fraction of sp³-hybridized carbons (Fsp3) is 0.143. The van der Waals surface area contributed by atoms with E-state index in [-0.39, 0.29) is 0 Å². The first kappa shape index (κ1) is 12.8. The molecule has 0 fully saturated rings. The molecular weight excluding hydrogens is 270 g/mol. The van der Waals surface area contributed by atoms with Crippen LogP contribution in [0, 0.1) is 0 Å². The average Bonchev–Trinajstić information content (AvgIpc) is 2.98. The lowest BCUT2D eigenvalue weighted by Gasteiger charge is -2.19. The Kier molecular flexibility index (Phi) is 3.49. The van der Waals surface area contributed by atoms with Gasteiger partial charge < -0.3 is 4.90 Å². The smallest absolute Gasteiger partial charge is 0.239 e. The van der Waals surface area contributed by atoms with Gasteiger partial charge in [0.15, 0.2) is 0 Å².